The predicted molar refractivity (Wildman–Crippen MR) is 111 cm³/mol. The molecule has 0 saturated carbocycles. The number of benzene rings is 2. The highest BCUT2D eigenvalue weighted by Gasteiger charge is 2.17. The van der Waals surface area contributed by atoms with Gasteiger partial charge in [0.1, 0.15) is 17.4 Å². The van der Waals surface area contributed by atoms with Gasteiger partial charge in [-0.05, 0) is 51.0 Å². The van der Waals surface area contributed by atoms with Crippen LogP contribution in [0, 0.1) is 25.5 Å². The summed E-state index contributed by atoms with van der Waals surface area (Å²) in [5, 5.41) is 7.38. The van der Waals surface area contributed by atoms with Crippen LogP contribution in [0.5, 0.6) is 5.75 Å². The van der Waals surface area contributed by atoms with Crippen molar-refractivity contribution in [1.29, 1.82) is 0 Å². The summed E-state index contributed by atoms with van der Waals surface area (Å²) >= 11 is 0. The Labute approximate surface area is 174 Å². The van der Waals surface area contributed by atoms with Crippen LogP contribution >= 0.6 is 0 Å². The number of rotatable bonds is 7. The number of aryl methyl sites for hydroxylation is 1. The van der Waals surface area contributed by atoms with Gasteiger partial charge < -0.3 is 10.1 Å². The second-order valence-electron chi connectivity index (χ2n) is 7.22. The Morgan fingerprint density at radius 3 is 2.67 bits per heavy atom. The van der Waals surface area contributed by atoms with Crippen molar-refractivity contribution in [2.24, 2.45) is 0 Å². The zero-order valence-electron chi connectivity index (χ0n) is 17.5. The fourth-order valence-electron chi connectivity index (χ4n) is 3.51. The monoisotopic (exact) mass is 413 g/mol. The first-order valence-corrected chi connectivity index (χ1v) is 9.74. The number of halogens is 2. The molecular weight excluding hydrogens is 388 g/mol. The standard InChI is InChI=1S/C23H25F2N3O2/c1-14(21-9-8-17(24)12-22(21)25)26-23(29)11-10-20-15(2)27-28(16(20)3)18-6-5-7-19(13-18)30-4/h5-9,12-14H,10-11H2,1-4H3,(H,26,29)/t14-/m1/s1. The maximum absolute atomic E-state index is 13.9. The fraction of sp³-hybridized carbons (Fsp3) is 0.304. The molecule has 158 valence electrons. The van der Waals surface area contributed by atoms with Crippen molar-refractivity contribution in [3.63, 3.8) is 0 Å². The number of hydrogen-bond donors (Lipinski definition) is 1. The van der Waals surface area contributed by atoms with Crippen molar-refractivity contribution in [2.45, 2.75) is 39.7 Å². The maximum Gasteiger partial charge on any atom is 0.220 e. The second-order valence-corrected chi connectivity index (χ2v) is 7.22. The van der Waals surface area contributed by atoms with E-state index in [4.69, 9.17) is 4.74 Å². The van der Waals surface area contributed by atoms with Crippen LogP contribution in [0.2, 0.25) is 0 Å². The van der Waals surface area contributed by atoms with Gasteiger partial charge in [-0.1, -0.05) is 12.1 Å². The first-order chi connectivity index (χ1) is 14.3. The smallest absolute Gasteiger partial charge is 0.220 e. The van der Waals surface area contributed by atoms with E-state index in [-0.39, 0.29) is 17.9 Å². The number of aromatic nitrogens is 2. The van der Waals surface area contributed by atoms with Crippen LogP contribution in [0.4, 0.5) is 8.78 Å². The molecule has 0 unspecified atom stereocenters. The van der Waals surface area contributed by atoms with E-state index in [1.54, 1.807) is 14.0 Å². The molecule has 1 aromatic heterocycles. The predicted octanol–water partition coefficient (Wildman–Crippen LogP) is 4.59. The molecule has 1 atom stereocenters. The first-order valence-electron chi connectivity index (χ1n) is 9.74. The molecular formula is C23H25F2N3O2. The van der Waals surface area contributed by atoms with Crippen LogP contribution in [0.15, 0.2) is 42.5 Å². The summed E-state index contributed by atoms with van der Waals surface area (Å²) in [5.74, 6) is -0.787. The number of ether oxygens (including phenoxy) is 1. The van der Waals surface area contributed by atoms with Crippen LogP contribution < -0.4 is 10.1 Å². The van der Waals surface area contributed by atoms with Gasteiger partial charge in [0.15, 0.2) is 0 Å². The lowest BCUT2D eigenvalue weighted by Crippen LogP contribution is -2.27. The summed E-state index contributed by atoms with van der Waals surface area (Å²) in [5.41, 5.74) is 3.93. The van der Waals surface area contributed by atoms with Gasteiger partial charge in [-0.25, -0.2) is 13.5 Å². The second kappa shape index (κ2) is 9.07. The van der Waals surface area contributed by atoms with Gasteiger partial charge in [0.25, 0.3) is 0 Å². The van der Waals surface area contributed by atoms with E-state index in [0.29, 0.717) is 6.42 Å². The summed E-state index contributed by atoms with van der Waals surface area (Å²) in [6.45, 7) is 5.54. The van der Waals surface area contributed by atoms with Crippen molar-refractivity contribution in [3.05, 3.63) is 76.6 Å². The van der Waals surface area contributed by atoms with E-state index in [1.165, 1.54) is 12.1 Å². The van der Waals surface area contributed by atoms with Crippen molar-refractivity contribution in [3.8, 4) is 11.4 Å². The quantitative estimate of drug-likeness (QED) is 0.617. The minimum Gasteiger partial charge on any atom is -0.497 e. The molecule has 3 aromatic rings. The van der Waals surface area contributed by atoms with Crippen molar-refractivity contribution in [1.82, 2.24) is 15.1 Å². The van der Waals surface area contributed by atoms with Gasteiger partial charge in [-0.3, -0.25) is 4.79 Å². The molecule has 0 aliphatic rings. The lowest BCUT2D eigenvalue weighted by molar-refractivity contribution is -0.121. The van der Waals surface area contributed by atoms with Crippen LogP contribution in [-0.4, -0.2) is 22.8 Å². The number of methoxy groups -OCH3 is 1. The number of nitrogens with zero attached hydrogens (tertiary/aromatic N) is 2. The number of carbonyl (C=O) groups is 1. The van der Waals surface area contributed by atoms with Crippen LogP contribution in [-0.2, 0) is 11.2 Å². The Morgan fingerprint density at radius 2 is 1.97 bits per heavy atom. The third-order valence-electron chi connectivity index (χ3n) is 5.15. The number of carbonyl (C=O) groups excluding carboxylic acids is 1. The Morgan fingerprint density at radius 1 is 1.20 bits per heavy atom. The first kappa shape index (κ1) is 21.5. The lowest BCUT2D eigenvalue weighted by atomic mass is 10.1. The van der Waals surface area contributed by atoms with Gasteiger partial charge in [0.05, 0.1) is 24.5 Å². The zero-order chi connectivity index (χ0) is 21.8. The zero-order valence-corrected chi connectivity index (χ0v) is 17.5. The van der Waals surface area contributed by atoms with Gasteiger partial charge in [0, 0.05) is 29.8 Å². The molecule has 0 fully saturated rings. The molecule has 2 aromatic carbocycles. The van der Waals surface area contributed by atoms with E-state index in [1.807, 2.05) is 42.8 Å². The highest BCUT2D eigenvalue weighted by Crippen LogP contribution is 2.23. The summed E-state index contributed by atoms with van der Waals surface area (Å²) in [4.78, 5) is 12.4. The van der Waals surface area contributed by atoms with Crippen LogP contribution in [0.25, 0.3) is 5.69 Å². The molecule has 1 amide bonds. The molecule has 0 saturated heterocycles. The Kier molecular flexibility index (Phi) is 6.50. The summed E-state index contributed by atoms with van der Waals surface area (Å²) in [7, 11) is 1.61. The SMILES string of the molecule is COc1cccc(-n2nc(C)c(CCC(=O)N[C@H](C)c3ccc(F)cc3F)c2C)c1. The van der Waals surface area contributed by atoms with Crippen molar-refractivity contribution >= 4 is 5.91 Å². The van der Waals surface area contributed by atoms with Gasteiger partial charge >= 0.3 is 0 Å². The number of amides is 1. The van der Waals surface area contributed by atoms with E-state index in [9.17, 15) is 13.6 Å². The molecule has 5 nitrogen and oxygen atoms in total. The third kappa shape index (κ3) is 4.67. The topological polar surface area (TPSA) is 56.2 Å². The van der Waals surface area contributed by atoms with Crippen molar-refractivity contribution < 1.29 is 18.3 Å². The molecule has 0 radical (unpaired) electrons. The van der Waals surface area contributed by atoms with Gasteiger partial charge in [-0.2, -0.15) is 5.10 Å². The molecule has 7 heteroatoms. The van der Waals surface area contributed by atoms with Gasteiger partial charge in [-0.15, -0.1) is 0 Å². The summed E-state index contributed by atoms with van der Waals surface area (Å²) in [6.07, 6.45) is 0.741. The van der Waals surface area contributed by atoms with Crippen molar-refractivity contribution in [2.75, 3.05) is 7.11 Å². The largest absolute Gasteiger partial charge is 0.497 e. The van der Waals surface area contributed by atoms with Gasteiger partial charge in [0.2, 0.25) is 5.91 Å². The molecule has 0 aliphatic carbocycles. The highest BCUT2D eigenvalue weighted by atomic mass is 19.1. The number of hydrogen-bond acceptors (Lipinski definition) is 3. The highest BCUT2D eigenvalue weighted by molar-refractivity contribution is 5.76. The average Bonchev–Trinajstić information content (AvgIpc) is 3.00. The summed E-state index contributed by atoms with van der Waals surface area (Å²) in [6, 6.07) is 10.4. The Hall–Kier alpha value is -3.22. The normalized spacial score (nSPS) is 11.9. The summed E-state index contributed by atoms with van der Waals surface area (Å²) < 4.78 is 34.1. The molecule has 0 aliphatic heterocycles. The minimum atomic E-state index is -0.672. The molecule has 0 bridgehead atoms. The average molecular weight is 413 g/mol. The molecule has 1 heterocycles. The van der Waals surface area contributed by atoms with Crippen LogP contribution in [0.1, 0.15) is 41.9 Å². The van der Waals surface area contributed by atoms with Crippen LogP contribution in [0.3, 0.4) is 0 Å². The fourth-order valence-corrected chi connectivity index (χ4v) is 3.51. The third-order valence-corrected chi connectivity index (χ3v) is 5.15. The minimum absolute atomic E-state index is 0.209. The van der Waals surface area contributed by atoms with E-state index in [2.05, 4.69) is 10.4 Å². The maximum atomic E-state index is 13.9. The Bertz CT molecular complexity index is 1060. The van der Waals surface area contributed by atoms with E-state index in [0.717, 1.165) is 34.5 Å². The molecule has 30 heavy (non-hydrogen) atoms. The molecule has 1 N–H and O–H groups in total. The molecule has 3 rings (SSSR count). The van der Waals surface area contributed by atoms with E-state index < -0.39 is 17.7 Å². The lowest BCUT2D eigenvalue weighted by Gasteiger charge is -2.15. The number of nitrogens with one attached hydrogen (secondary N) is 1. The Balaban J connectivity index is 1.68. The molecule has 0 spiro atoms. The van der Waals surface area contributed by atoms with E-state index >= 15 is 0 Å².